The van der Waals surface area contributed by atoms with Gasteiger partial charge < -0.3 is 10.5 Å². The number of benzene rings is 1. The summed E-state index contributed by atoms with van der Waals surface area (Å²) in [5.41, 5.74) is 6.62. The summed E-state index contributed by atoms with van der Waals surface area (Å²) in [4.78, 5) is 11.4. The van der Waals surface area contributed by atoms with E-state index in [1.54, 1.807) is 31.4 Å². The molecule has 78 valence electrons. The molecular formula is C10H11N3O2. The van der Waals surface area contributed by atoms with Crippen LogP contribution < -0.4 is 16.0 Å². The first-order chi connectivity index (χ1) is 7.22. The van der Waals surface area contributed by atoms with Gasteiger partial charge in [-0.1, -0.05) is 12.1 Å². The van der Waals surface area contributed by atoms with Crippen molar-refractivity contribution in [3.05, 3.63) is 34.6 Å². The Morgan fingerprint density at radius 3 is 2.33 bits per heavy atom. The smallest absolute Gasteiger partial charge is 0.273 e. The maximum atomic E-state index is 11.4. The summed E-state index contributed by atoms with van der Waals surface area (Å²) in [6.45, 7) is 0. The summed E-state index contributed by atoms with van der Waals surface area (Å²) in [5, 5.41) is 5.00. The van der Waals surface area contributed by atoms with E-state index in [2.05, 4.69) is 10.2 Å². The molecule has 1 heterocycles. The van der Waals surface area contributed by atoms with Gasteiger partial charge in [0.1, 0.15) is 11.6 Å². The third kappa shape index (κ3) is 1.59. The van der Waals surface area contributed by atoms with Crippen molar-refractivity contribution in [3.8, 4) is 16.9 Å². The second-order valence-electron chi connectivity index (χ2n) is 3.10. The molecule has 5 nitrogen and oxygen atoms in total. The van der Waals surface area contributed by atoms with Crippen molar-refractivity contribution < 1.29 is 4.74 Å². The fraction of sp³-hybridized carbons (Fsp3) is 0.100. The van der Waals surface area contributed by atoms with Crippen LogP contribution in [0.3, 0.4) is 0 Å². The fourth-order valence-electron chi connectivity index (χ4n) is 1.42. The van der Waals surface area contributed by atoms with Crippen LogP contribution in [0.1, 0.15) is 0 Å². The molecule has 5 heteroatoms. The number of aromatic amines is 2. The zero-order valence-corrected chi connectivity index (χ0v) is 8.20. The first-order valence-electron chi connectivity index (χ1n) is 4.43. The average Bonchev–Trinajstić information content (AvgIpc) is 2.59. The Balaban J connectivity index is 2.50. The van der Waals surface area contributed by atoms with Crippen molar-refractivity contribution in [1.29, 1.82) is 0 Å². The molecule has 0 atom stereocenters. The molecule has 1 aromatic heterocycles. The number of nitrogens with one attached hydrogen (secondary N) is 2. The molecule has 4 N–H and O–H groups in total. The highest BCUT2D eigenvalue weighted by Crippen LogP contribution is 2.22. The van der Waals surface area contributed by atoms with E-state index in [0.717, 1.165) is 11.3 Å². The quantitative estimate of drug-likeness (QED) is 0.682. The number of hydrogen-bond donors (Lipinski definition) is 3. The van der Waals surface area contributed by atoms with E-state index >= 15 is 0 Å². The van der Waals surface area contributed by atoms with E-state index in [9.17, 15) is 4.79 Å². The Kier molecular flexibility index (Phi) is 2.21. The fourth-order valence-corrected chi connectivity index (χ4v) is 1.42. The van der Waals surface area contributed by atoms with Crippen LogP contribution in [0.15, 0.2) is 29.1 Å². The standard InChI is InChI=1S/C10H11N3O2/c1-15-7-4-2-6(3-5-7)8-9(11)12-13-10(8)14/h2-5H,1H3,(H4,11,12,13,14). The summed E-state index contributed by atoms with van der Waals surface area (Å²) in [6, 6.07) is 7.13. The highest BCUT2D eigenvalue weighted by molar-refractivity contribution is 5.73. The molecule has 2 aromatic rings. The van der Waals surface area contributed by atoms with Crippen LogP contribution in [0.25, 0.3) is 11.1 Å². The van der Waals surface area contributed by atoms with Crippen molar-refractivity contribution >= 4 is 5.82 Å². The van der Waals surface area contributed by atoms with Gasteiger partial charge in [0.05, 0.1) is 12.7 Å². The average molecular weight is 205 g/mol. The topological polar surface area (TPSA) is 83.9 Å². The molecule has 0 radical (unpaired) electrons. The Labute approximate surface area is 85.9 Å². The molecule has 0 spiro atoms. The van der Waals surface area contributed by atoms with Crippen LogP contribution in [0, 0.1) is 0 Å². The zero-order valence-electron chi connectivity index (χ0n) is 8.20. The number of nitrogen functional groups attached to an aromatic ring is 1. The highest BCUT2D eigenvalue weighted by Gasteiger charge is 2.09. The molecular weight excluding hydrogens is 194 g/mol. The third-order valence-corrected chi connectivity index (χ3v) is 2.19. The number of nitrogens with two attached hydrogens (primary N) is 1. The lowest BCUT2D eigenvalue weighted by Gasteiger charge is -2.01. The van der Waals surface area contributed by atoms with Gasteiger partial charge in [-0.15, -0.1) is 0 Å². The first-order valence-corrected chi connectivity index (χ1v) is 4.43. The molecule has 0 unspecified atom stereocenters. The highest BCUT2D eigenvalue weighted by atomic mass is 16.5. The summed E-state index contributed by atoms with van der Waals surface area (Å²) < 4.78 is 5.02. The van der Waals surface area contributed by atoms with Gasteiger partial charge in [0.2, 0.25) is 0 Å². The van der Waals surface area contributed by atoms with Crippen LogP contribution in [0.5, 0.6) is 5.75 Å². The van der Waals surface area contributed by atoms with Crippen LogP contribution in [0.2, 0.25) is 0 Å². The first kappa shape index (κ1) is 9.39. The van der Waals surface area contributed by atoms with Gasteiger partial charge in [0.15, 0.2) is 0 Å². The number of methoxy groups -OCH3 is 1. The summed E-state index contributed by atoms with van der Waals surface area (Å²) >= 11 is 0. The van der Waals surface area contributed by atoms with Crippen LogP contribution in [-0.4, -0.2) is 17.3 Å². The van der Waals surface area contributed by atoms with Gasteiger partial charge in [0, 0.05) is 0 Å². The monoisotopic (exact) mass is 205 g/mol. The van der Waals surface area contributed by atoms with E-state index in [1.807, 2.05) is 0 Å². The van der Waals surface area contributed by atoms with Crippen LogP contribution in [0.4, 0.5) is 5.82 Å². The lowest BCUT2D eigenvalue weighted by molar-refractivity contribution is 0.415. The summed E-state index contributed by atoms with van der Waals surface area (Å²) in [5.74, 6) is 1.08. The SMILES string of the molecule is COc1ccc(-c2c(N)[nH][nH]c2=O)cc1. The molecule has 0 amide bonds. The van der Waals surface area contributed by atoms with E-state index in [1.165, 1.54) is 0 Å². The molecule has 0 fully saturated rings. The number of hydrogen-bond acceptors (Lipinski definition) is 3. The Hall–Kier alpha value is -2.17. The molecule has 0 aliphatic heterocycles. The van der Waals surface area contributed by atoms with Gasteiger partial charge in [-0.05, 0) is 17.7 Å². The number of anilines is 1. The minimum atomic E-state index is -0.224. The number of ether oxygens (including phenoxy) is 1. The molecule has 1 aromatic carbocycles. The maximum absolute atomic E-state index is 11.4. The lowest BCUT2D eigenvalue weighted by atomic mass is 10.1. The summed E-state index contributed by atoms with van der Waals surface area (Å²) in [6.07, 6.45) is 0. The Bertz CT molecular complexity index is 510. The number of rotatable bonds is 2. The second kappa shape index (κ2) is 3.53. The maximum Gasteiger partial charge on any atom is 0.273 e. The molecule has 0 bridgehead atoms. The van der Waals surface area contributed by atoms with Crippen molar-refractivity contribution in [2.75, 3.05) is 12.8 Å². The predicted molar refractivity (Wildman–Crippen MR) is 57.8 cm³/mol. The van der Waals surface area contributed by atoms with E-state index < -0.39 is 0 Å². The van der Waals surface area contributed by atoms with E-state index in [0.29, 0.717) is 11.4 Å². The van der Waals surface area contributed by atoms with Gasteiger partial charge >= 0.3 is 0 Å². The van der Waals surface area contributed by atoms with Gasteiger partial charge in [-0.2, -0.15) is 0 Å². The lowest BCUT2D eigenvalue weighted by Crippen LogP contribution is -2.02. The molecule has 0 aliphatic carbocycles. The van der Waals surface area contributed by atoms with Crippen LogP contribution >= 0.6 is 0 Å². The molecule has 2 rings (SSSR count). The van der Waals surface area contributed by atoms with Gasteiger partial charge in [-0.3, -0.25) is 15.0 Å². The largest absolute Gasteiger partial charge is 0.497 e. The third-order valence-electron chi connectivity index (χ3n) is 2.19. The number of H-pyrrole nitrogens is 2. The zero-order chi connectivity index (χ0) is 10.8. The normalized spacial score (nSPS) is 10.2. The minimum absolute atomic E-state index is 0.224. The van der Waals surface area contributed by atoms with Crippen molar-refractivity contribution in [2.45, 2.75) is 0 Å². The van der Waals surface area contributed by atoms with E-state index in [4.69, 9.17) is 10.5 Å². The van der Waals surface area contributed by atoms with Gasteiger partial charge in [-0.25, -0.2) is 0 Å². The Morgan fingerprint density at radius 1 is 1.20 bits per heavy atom. The van der Waals surface area contributed by atoms with Gasteiger partial charge in [0.25, 0.3) is 5.56 Å². The van der Waals surface area contributed by atoms with Crippen molar-refractivity contribution in [1.82, 2.24) is 10.2 Å². The Morgan fingerprint density at radius 2 is 1.87 bits per heavy atom. The second-order valence-corrected chi connectivity index (χ2v) is 3.10. The predicted octanol–water partition coefficient (Wildman–Crippen LogP) is 0.961. The van der Waals surface area contributed by atoms with Crippen molar-refractivity contribution in [2.24, 2.45) is 0 Å². The van der Waals surface area contributed by atoms with Crippen LogP contribution in [-0.2, 0) is 0 Å². The number of aromatic nitrogens is 2. The van der Waals surface area contributed by atoms with Crippen molar-refractivity contribution in [3.63, 3.8) is 0 Å². The molecule has 0 aliphatic rings. The molecule has 0 saturated carbocycles. The van der Waals surface area contributed by atoms with E-state index in [-0.39, 0.29) is 5.56 Å². The minimum Gasteiger partial charge on any atom is -0.497 e. The molecule has 0 saturated heterocycles. The summed E-state index contributed by atoms with van der Waals surface area (Å²) in [7, 11) is 1.59. The molecule has 15 heavy (non-hydrogen) atoms.